The van der Waals surface area contributed by atoms with Crippen LogP contribution in [0.3, 0.4) is 0 Å². The number of carbonyl (C=O) groups excluding carboxylic acids is 1. The van der Waals surface area contributed by atoms with Gasteiger partial charge in [0.25, 0.3) is 5.91 Å². The topological polar surface area (TPSA) is 42.0 Å². The Morgan fingerprint density at radius 1 is 1.38 bits per heavy atom. The average Bonchev–Trinajstić information content (AvgIpc) is 2.31. The molecule has 0 aromatic carbocycles. The molecular formula is C13H20N2O. The first-order chi connectivity index (χ1) is 7.67. The highest BCUT2D eigenvalue weighted by Crippen LogP contribution is 2.06. The standard InChI is InChI=1S/C13H20N2O/c1-4-11(5-2)8-15-13(16)12-7-6-10(3)14-9-12/h6-7,9,11H,4-5,8H2,1-3H3,(H,15,16). The van der Waals surface area contributed by atoms with Gasteiger partial charge in [0, 0.05) is 18.4 Å². The van der Waals surface area contributed by atoms with Gasteiger partial charge in [-0.2, -0.15) is 0 Å². The molecule has 16 heavy (non-hydrogen) atoms. The van der Waals surface area contributed by atoms with Crippen molar-refractivity contribution in [1.82, 2.24) is 10.3 Å². The molecule has 0 fully saturated rings. The first-order valence-corrected chi connectivity index (χ1v) is 5.88. The van der Waals surface area contributed by atoms with Crippen LogP contribution in [0.5, 0.6) is 0 Å². The van der Waals surface area contributed by atoms with E-state index >= 15 is 0 Å². The Morgan fingerprint density at radius 2 is 2.06 bits per heavy atom. The normalized spacial score (nSPS) is 10.5. The van der Waals surface area contributed by atoms with Crippen molar-refractivity contribution in [2.75, 3.05) is 6.54 Å². The maximum atomic E-state index is 11.7. The van der Waals surface area contributed by atoms with Crippen molar-refractivity contribution in [3.63, 3.8) is 0 Å². The van der Waals surface area contributed by atoms with E-state index in [1.165, 1.54) is 0 Å². The number of pyridine rings is 1. The molecule has 1 N–H and O–H groups in total. The number of nitrogens with zero attached hydrogens (tertiary/aromatic N) is 1. The van der Waals surface area contributed by atoms with Gasteiger partial charge in [-0.25, -0.2) is 0 Å². The number of aryl methyl sites for hydroxylation is 1. The second kappa shape index (κ2) is 6.26. The van der Waals surface area contributed by atoms with Crippen LogP contribution in [0.15, 0.2) is 18.3 Å². The van der Waals surface area contributed by atoms with E-state index in [0.29, 0.717) is 11.5 Å². The fourth-order valence-electron chi connectivity index (χ4n) is 1.52. The number of aromatic nitrogens is 1. The van der Waals surface area contributed by atoms with E-state index < -0.39 is 0 Å². The van der Waals surface area contributed by atoms with Crippen LogP contribution in [-0.2, 0) is 0 Å². The van der Waals surface area contributed by atoms with E-state index in [9.17, 15) is 4.79 Å². The minimum absolute atomic E-state index is 0.0283. The molecule has 0 aliphatic rings. The second-order valence-electron chi connectivity index (χ2n) is 4.08. The Kier molecular flexibility index (Phi) is 4.96. The molecule has 0 aliphatic carbocycles. The summed E-state index contributed by atoms with van der Waals surface area (Å²) in [7, 11) is 0. The molecule has 0 bridgehead atoms. The molecule has 0 atom stereocenters. The van der Waals surface area contributed by atoms with Gasteiger partial charge in [-0.3, -0.25) is 9.78 Å². The quantitative estimate of drug-likeness (QED) is 0.828. The number of carbonyl (C=O) groups is 1. The monoisotopic (exact) mass is 220 g/mol. The lowest BCUT2D eigenvalue weighted by molar-refractivity contribution is 0.0946. The molecule has 0 unspecified atom stereocenters. The number of hydrogen-bond donors (Lipinski definition) is 1. The first-order valence-electron chi connectivity index (χ1n) is 5.88. The average molecular weight is 220 g/mol. The lowest BCUT2D eigenvalue weighted by Gasteiger charge is -2.13. The molecule has 0 saturated carbocycles. The Labute approximate surface area is 97.3 Å². The Bertz CT molecular complexity index is 328. The van der Waals surface area contributed by atoms with E-state index in [-0.39, 0.29) is 5.91 Å². The van der Waals surface area contributed by atoms with Gasteiger partial charge in [0.15, 0.2) is 0 Å². The predicted octanol–water partition coefficient (Wildman–Crippen LogP) is 2.56. The largest absolute Gasteiger partial charge is 0.352 e. The van der Waals surface area contributed by atoms with Crippen LogP contribution in [0.4, 0.5) is 0 Å². The minimum atomic E-state index is -0.0283. The highest BCUT2D eigenvalue weighted by molar-refractivity contribution is 5.93. The van der Waals surface area contributed by atoms with E-state index in [2.05, 4.69) is 24.1 Å². The van der Waals surface area contributed by atoms with Crippen molar-refractivity contribution < 1.29 is 4.79 Å². The summed E-state index contributed by atoms with van der Waals surface area (Å²) < 4.78 is 0. The molecule has 1 aromatic rings. The van der Waals surface area contributed by atoms with Crippen molar-refractivity contribution >= 4 is 5.91 Å². The summed E-state index contributed by atoms with van der Waals surface area (Å²) in [5.74, 6) is 0.543. The van der Waals surface area contributed by atoms with Crippen LogP contribution in [0, 0.1) is 12.8 Å². The third-order valence-corrected chi connectivity index (χ3v) is 2.88. The molecule has 1 aromatic heterocycles. The van der Waals surface area contributed by atoms with E-state index in [4.69, 9.17) is 0 Å². The van der Waals surface area contributed by atoms with Crippen molar-refractivity contribution in [3.8, 4) is 0 Å². The van der Waals surface area contributed by atoms with Gasteiger partial charge in [0.05, 0.1) is 5.56 Å². The zero-order valence-electron chi connectivity index (χ0n) is 10.3. The van der Waals surface area contributed by atoms with Crippen molar-refractivity contribution in [3.05, 3.63) is 29.6 Å². The predicted molar refractivity (Wildman–Crippen MR) is 65.4 cm³/mol. The maximum Gasteiger partial charge on any atom is 0.252 e. The molecular weight excluding hydrogens is 200 g/mol. The molecule has 0 radical (unpaired) electrons. The zero-order chi connectivity index (χ0) is 12.0. The van der Waals surface area contributed by atoms with Gasteiger partial charge >= 0.3 is 0 Å². The van der Waals surface area contributed by atoms with Crippen molar-refractivity contribution in [2.24, 2.45) is 5.92 Å². The molecule has 3 heteroatoms. The van der Waals surface area contributed by atoms with Crippen molar-refractivity contribution in [1.29, 1.82) is 0 Å². The third-order valence-electron chi connectivity index (χ3n) is 2.88. The molecule has 1 amide bonds. The number of nitrogens with one attached hydrogen (secondary N) is 1. The fraction of sp³-hybridized carbons (Fsp3) is 0.538. The van der Waals surface area contributed by atoms with Crippen LogP contribution in [0.25, 0.3) is 0 Å². The van der Waals surface area contributed by atoms with Crippen LogP contribution in [0.2, 0.25) is 0 Å². The van der Waals surface area contributed by atoms with Crippen LogP contribution in [-0.4, -0.2) is 17.4 Å². The molecule has 0 aliphatic heterocycles. The fourth-order valence-corrected chi connectivity index (χ4v) is 1.52. The number of hydrogen-bond acceptors (Lipinski definition) is 2. The second-order valence-corrected chi connectivity index (χ2v) is 4.08. The van der Waals surface area contributed by atoms with Gasteiger partial charge in [0.1, 0.15) is 0 Å². The van der Waals surface area contributed by atoms with E-state index in [1.54, 1.807) is 6.20 Å². The molecule has 1 rings (SSSR count). The highest BCUT2D eigenvalue weighted by Gasteiger charge is 2.08. The number of rotatable bonds is 5. The maximum absolute atomic E-state index is 11.7. The van der Waals surface area contributed by atoms with Gasteiger partial charge in [-0.1, -0.05) is 26.7 Å². The SMILES string of the molecule is CCC(CC)CNC(=O)c1ccc(C)nc1. The summed E-state index contributed by atoms with van der Waals surface area (Å²) in [6, 6.07) is 3.66. The van der Waals surface area contributed by atoms with E-state index in [1.807, 2.05) is 19.1 Å². The molecule has 1 heterocycles. The summed E-state index contributed by atoms with van der Waals surface area (Å²) in [6.45, 7) is 6.95. The van der Waals surface area contributed by atoms with E-state index in [0.717, 1.165) is 25.1 Å². The van der Waals surface area contributed by atoms with Gasteiger partial charge in [-0.05, 0) is 25.0 Å². The first kappa shape index (κ1) is 12.7. The van der Waals surface area contributed by atoms with Crippen LogP contribution < -0.4 is 5.32 Å². The molecule has 0 saturated heterocycles. The Hall–Kier alpha value is -1.38. The number of amides is 1. The summed E-state index contributed by atoms with van der Waals surface area (Å²) in [6.07, 6.45) is 3.82. The minimum Gasteiger partial charge on any atom is -0.352 e. The van der Waals surface area contributed by atoms with Gasteiger partial charge in [-0.15, -0.1) is 0 Å². The van der Waals surface area contributed by atoms with Gasteiger partial charge < -0.3 is 5.32 Å². The molecule has 0 spiro atoms. The highest BCUT2D eigenvalue weighted by atomic mass is 16.1. The van der Waals surface area contributed by atoms with Crippen LogP contribution in [0.1, 0.15) is 42.7 Å². The lowest BCUT2D eigenvalue weighted by Crippen LogP contribution is -2.28. The summed E-state index contributed by atoms with van der Waals surface area (Å²) in [4.78, 5) is 15.8. The molecule has 88 valence electrons. The Morgan fingerprint density at radius 3 is 2.56 bits per heavy atom. The summed E-state index contributed by atoms with van der Waals surface area (Å²) >= 11 is 0. The van der Waals surface area contributed by atoms with Crippen molar-refractivity contribution in [2.45, 2.75) is 33.6 Å². The smallest absolute Gasteiger partial charge is 0.252 e. The summed E-state index contributed by atoms with van der Waals surface area (Å²) in [5.41, 5.74) is 1.56. The van der Waals surface area contributed by atoms with Gasteiger partial charge in [0.2, 0.25) is 0 Å². The third kappa shape index (κ3) is 3.65. The molecule has 3 nitrogen and oxygen atoms in total. The lowest BCUT2D eigenvalue weighted by atomic mass is 10.0. The van der Waals surface area contributed by atoms with Crippen LogP contribution >= 0.6 is 0 Å². The zero-order valence-corrected chi connectivity index (χ0v) is 10.3. The summed E-state index contributed by atoms with van der Waals surface area (Å²) in [5, 5.41) is 2.94. The Balaban J connectivity index is 2.49.